The summed E-state index contributed by atoms with van der Waals surface area (Å²) in [6.07, 6.45) is 8.92. The van der Waals surface area contributed by atoms with Gasteiger partial charge in [0, 0.05) is 11.3 Å². The molecule has 7 heteroatoms. The van der Waals surface area contributed by atoms with Crippen molar-refractivity contribution < 1.29 is 4.79 Å². The summed E-state index contributed by atoms with van der Waals surface area (Å²) in [4.78, 5) is 32.6. The van der Waals surface area contributed by atoms with Crippen LogP contribution in [0.1, 0.15) is 55.3 Å². The molecule has 4 fully saturated rings. The highest BCUT2D eigenvalue weighted by Gasteiger charge is 2.51. The fourth-order valence-electron chi connectivity index (χ4n) is 6.62. The third-order valence-corrected chi connectivity index (χ3v) is 8.45. The van der Waals surface area contributed by atoms with E-state index >= 15 is 0 Å². The normalized spacial score (nSPS) is 27.8. The van der Waals surface area contributed by atoms with E-state index in [1.54, 1.807) is 24.3 Å². The number of carbonyl (C=O) groups is 1. The van der Waals surface area contributed by atoms with Crippen LogP contribution >= 0.6 is 11.8 Å². The van der Waals surface area contributed by atoms with Gasteiger partial charge in [0.2, 0.25) is 5.91 Å². The molecule has 6 nitrogen and oxygen atoms in total. The average Bonchev–Trinajstić information content (AvgIpc) is 2.75. The minimum Gasteiger partial charge on any atom is -0.325 e. The minimum atomic E-state index is -0.175. The fourth-order valence-corrected chi connectivity index (χ4v) is 7.30. The van der Waals surface area contributed by atoms with Crippen molar-refractivity contribution in [2.45, 2.75) is 57.0 Å². The van der Waals surface area contributed by atoms with Gasteiger partial charge in [0.05, 0.1) is 23.1 Å². The van der Waals surface area contributed by atoms with Crippen LogP contribution in [0, 0.1) is 41.4 Å². The van der Waals surface area contributed by atoms with Gasteiger partial charge < -0.3 is 10.3 Å². The van der Waals surface area contributed by atoms with Crippen molar-refractivity contribution in [2.75, 3.05) is 11.1 Å². The predicted octanol–water partition coefficient (Wildman–Crippen LogP) is 4.44. The van der Waals surface area contributed by atoms with Crippen molar-refractivity contribution in [3.05, 3.63) is 51.4 Å². The molecule has 0 aliphatic heterocycles. The molecule has 4 aliphatic carbocycles. The molecule has 4 saturated carbocycles. The van der Waals surface area contributed by atoms with E-state index in [4.69, 9.17) is 10.2 Å². The SMILES string of the molecule is Cc1c(CC23CC4CC(CC(C4)C2)C3)nc(SCC(=O)Nc2ccc(C#N)cc2)[nH]c1=O. The van der Waals surface area contributed by atoms with Gasteiger partial charge in [-0.1, -0.05) is 11.8 Å². The summed E-state index contributed by atoms with van der Waals surface area (Å²) in [5, 5.41) is 12.2. The third kappa shape index (κ3) is 4.33. The van der Waals surface area contributed by atoms with Gasteiger partial charge in [-0.2, -0.15) is 5.26 Å². The van der Waals surface area contributed by atoms with Crippen molar-refractivity contribution in [1.82, 2.24) is 9.97 Å². The van der Waals surface area contributed by atoms with Crippen LogP contribution in [0.5, 0.6) is 0 Å². The number of rotatable bonds is 6. The maximum absolute atomic E-state index is 12.6. The van der Waals surface area contributed by atoms with Gasteiger partial charge in [0.15, 0.2) is 5.16 Å². The third-order valence-electron chi connectivity index (χ3n) is 7.58. The van der Waals surface area contributed by atoms with E-state index in [2.05, 4.69) is 16.4 Å². The van der Waals surface area contributed by atoms with E-state index in [1.807, 2.05) is 6.92 Å². The summed E-state index contributed by atoms with van der Waals surface area (Å²) in [7, 11) is 0. The van der Waals surface area contributed by atoms with Crippen molar-refractivity contribution in [1.29, 1.82) is 5.26 Å². The molecule has 1 aromatic heterocycles. The summed E-state index contributed by atoms with van der Waals surface area (Å²) >= 11 is 1.25. The van der Waals surface area contributed by atoms with Gasteiger partial charge in [0.1, 0.15) is 0 Å². The first-order chi connectivity index (χ1) is 15.4. The van der Waals surface area contributed by atoms with E-state index in [-0.39, 0.29) is 17.2 Å². The number of nitrogens with one attached hydrogen (secondary N) is 2. The number of hydrogen-bond acceptors (Lipinski definition) is 5. The molecule has 2 aromatic rings. The molecular weight excluding hydrogens is 420 g/mol. The molecule has 166 valence electrons. The van der Waals surface area contributed by atoms with E-state index < -0.39 is 0 Å². The van der Waals surface area contributed by atoms with Crippen LogP contribution in [0.3, 0.4) is 0 Å². The standard InChI is InChI=1S/C25H28N4O2S/c1-15-21(12-25-9-17-6-18(10-25)8-19(7-17)11-25)28-24(29-23(15)31)32-14-22(30)27-20-4-2-16(13-26)3-5-20/h2-5,17-19H,6-12,14H2,1H3,(H,27,30)(H,28,29,31). The topological polar surface area (TPSA) is 98.6 Å². The van der Waals surface area contributed by atoms with E-state index in [1.165, 1.54) is 50.3 Å². The number of hydrogen-bond donors (Lipinski definition) is 2. The highest BCUT2D eigenvalue weighted by atomic mass is 32.2. The van der Waals surface area contributed by atoms with Crippen LogP contribution in [0.2, 0.25) is 0 Å². The zero-order valence-corrected chi connectivity index (χ0v) is 19.1. The van der Waals surface area contributed by atoms with Gasteiger partial charge in [-0.15, -0.1) is 0 Å². The smallest absolute Gasteiger partial charge is 0.254 e. The second-order valence-electron chi connectivity index (χ2n) is 10.1. The Kier molecular flexibility index (Phi) is 5.58. The lowest BCUT2D eigenvalue weighted by atomic mass is 9.48. The Bertz CT molecular complexity index is 1100. The van der Waals surface area contributed by atoms with E-state index in [9.17, 15) is 9.59 Å². The lowest BCUT2D eigenvalue weighted by molar-refractivity contribution is -0.113. The maximum atomic E-state index is 12.6. The quantitative estimate of drug-likeness (QED) is 0.503. The number of carbonyl (C=O) groups excluding carboxylic acids is 1. The Labute approximate surface area is 192 Å². The monoisotopic (exact) mass is 448 g/mol. The first kappa shape index (κ1) is 21.3. The summed E-state index contributed by atoms with van der Waals surface area (Å²) in [5.41, 5.74) is 3.02. The van der Waals surface area contributed by atoms with Crippen LogP contribution in [0.4, 0.5) is 5.69 Å². The van der Waals surface area contributed by atoms with Gasteiger partial charge in [-0.3, -0.25) is 9.59 Å². The molecule has 2 N–H and O–H groups in total. The van der Waals surface area contributed by atoms with Crippen LogP contribution in [-0.4, -0.2) is 21.6 Å². The molecule has 1 aromatic carbocycles. The van der Waals surface area contributed by atoms with E-state index in [0.29, 0.717) is 27.4 Å². The number of aromatic amines is 1. The number of thioether (sulfide) groups is 1. The Morgan fingerprint density at radius 3 is 2.41 bits per heavy atom. The Morgan fingerprint density at radius 1 is 1.19 bits per heavy atom. The number of nitriles is 1. The molecule has 0 unspecified atom stereocenters. The lowest BCUT2D eigenvalue weighted by Crippen LogP contribution is -2.47. The average molecular weight is 449 g/mol. The molecule has 4 bridgehead atoms. The van der Waals surface area contributed by atoms with Crippen LogP contribution in [0.15, 0.2) is 34.2 Å². The Balaban J connectivity index is 1.26. The molecule has 0 radical (unpaired) electrons. The number of amides is 1. The predicted molar refractivity (Wildman–Crippen MR) is 124 cm³/mol. The Morgan fingerprint density at radius 2 is 1.81 bits per heavy atom. The molecule has 0 saturated heterocycles. The zero-order valence-electron chi connectivity index (χ0n) is 18.3. The molecule has 1 amide bonds. The van der Waals surface area contributed by atoms with Gasteiger partial charge in [0.25, 0.3) is 5.56 Å². The number of H-pyrrole nitrogens is 1. The number of anilines is 1. The van der Waals surface area contributed by atoms with Gasteiger partial charge >= 0.3 is 0 Å². The summed E-state index contributed by atoms with van der Waals surface area (Å²) < 4.78 is 0. The second kappa shape index (κ2) is 8.40. The van der Waals surface area contributed by atoms with Crippen molar-refractivity contribution in [3.63, 3.8) is 0 Å². The number of nitrogens with zero attached hydrogens (tertiary/aromatic N) is 2. The summed E-state index contributed by atoms with van der Waals surface area (Å²) in [5.74, 6) is 2.57. The summed E-state index contributed by atoms with van der Waals surface area (Å²) in [6, 6.07) is 8.80. The lowest BCUT2D eigenvalue weighted by Gasteiger charge is -2.57. The Hall–Kier alpha value is -2.59. The van der Waals surface area contributed by atoms with Crippen LogP contribution in [-0.2, 0) is 11.2 Å². The maximum Gasteiger partial charge on any atom is 0.254 e. The summed E-state index contributed by atoms with van der Waals surface area (Å²) in [6.45, 7) is 1.87. The molecular formula is C25H28N4O2S. The van der Waals surface area contributed by atoms with E-state index in [0.717, 1.165) is 29.9 Å². The van der Waals surface area contributed by atoms with Gasteiger partial charge in [-0.25, -0.2) is 4.98 Å². The molecule has 0 atom stereocenters. The number of benzene rings is 1. The highest BCUT2D eigenvalue weighted by Crippen LogP contribution is 2.61. The van der Waals surface area contributed by atoms with Crippen molar-refractivity contribution >= 4 is 23.4 Å². The number of aromatic nitrogens is 2. The van der Waals surface area contributed by atoms with Crippen molar-refractivity contribution in [3.8, 4) is 6.07 Å². The first-order valence-electron chi connectivity index (χ1n) is 11.4. The van der Waals surface area contributed by atoms with Crippen LogP contribution in [0.25, 0.3) is 0 Å². The van der Waals surface area contributed by atoms with Crippen molar-refractivity contribution in [2.24, 2.45) is 23.2 Å². The molecule has 6 rings (SSSR count). The van der Waals surface area contributed by atoms with Gasteiger partial charge in [-0.05, 0) is 99.3 Å². The molecule has 32 heavy (non-hydrogen) atoms. The zero-order chi connectivity index (χ0) is 22.3. The molecule has 0 spiro atoms. The first-order valence-corrected chi connectivity index (χ1v) is 12.4. The van der Waals surface area contributed by atoms with Crippen LogP contribution < -0.4 is 10.9 Å². The second-order valence-corrected chi connectivity index (χ2v) is 11.0. The molecule has 4 aliphatic rings. The molecule has 1 heterocycles. The highest BCUT2D eigenvalue weighted by molar-refractivity contribution is 7.99. The fraction of sp³-hybridized carbons (Fsp3) is 0.520. The minimum absolute atomic E-state index is 0.102. The largest absolute Gasteiger partial charge is 0.325 e.